The van der Waals surface area contributed by atoms with Crippen molar-refractivity contribution in [2.45, 2.75) is 13.8 Å². The second kappa shape index (κ2) is 6.78. The highest BCUT2D eigenvalue weighted by atomic mass is 16.5. The quantitative estimate of drug-likeness (QED) is 0.851. The largest absolute Gasteiger partial charge is 0.497 e. The summed E-state index contributed by atoms with van der Waals surface area (Å²) in [5.41, 5.74) is 1.80. The number of nitrogens with zero attached hydrogens (tertiary/aromatic N) is 2. The zero-order valence-electron chi connectivity index (χ0n) is 12.7. The number of aryl methyl sites for hydroxylation is 1. The van der Waals surface area contributed by atoms with Crippen LogP contribution in [0.4, 0.5) is 17.5 Å². The van der Waals surface area contributed by atoms with Crippen molar-refractivity contribution in [2.24, 2.45) is 0 Å². The zero-order valence-corrected chi connectivity index (χ0v) is 12.7. The molecule has 0 atom stereocenters. The maximum atomic E-state index is 5.26. The van der Waals surface area contributed by atoms with Crippen LogP contribution in [-0.2, 0) is 0 Å². The topological polar surface area (TPSA) is 68.3 Å². The number of anilines is 3. The highest BCUT2D eigenvalue weighted by Gasteiger charge is 2.07. The Bertz CT molecular complexity index is 594. The molecule has 1 aromatic heterocycles. The van der Waals surface area contributed by atoms with Gasteiger partial charge in [0.1, 0.15) is 17.3 Å². The minimum atomic E-state index is 0.598. The summed E-state index contributed by atoms with van der Waals surface area (Å²) in [5, 5.41) is 6.36. The van der Waals surface area contributed by atoms with Crippen molar-refractivity contribution in [3.05, 3.63) is 30.0 Å². The Balaban J connectivity index is 2.30. The number of benzene rings is 1. The molecule has 6 nitrogen and oxygen atoms in total. The summed E-state index contributed by atoms with van der Waals surface area (Å²) in [6.45, 7) is 4.73. The summed E-state index contributed by atoms with van der Waals surface area (Å²) in [6, 6.07) is 5.59. The van der Waals surface area contributed by atoms with E-state index < -0.39 is 0 Å². The molecule has 0 saturated carbocycles. The first-order valence-electron chi connectivity index (χ1n) is 6.74. The number of nitrogens with one attached hydrogen (secondary N) is 2. The molecule has 112 valence electrons. The third kappa shape index (κ3) is 3.75. The van der Waals surface area contributed by atoms with Crippen LogP contribution in [0, 0.1) is 6.92 Å². The molecule has 0 aliphatic carbocycles. The van der Waals surface area contributed by atoms with Crippen molar-refractivity contribution >= 4 is 17.5 Å². The van der Waals surface area contributed by atoms with E-state index >= 15 is 0 Å². The maximum absolute atomic E-state index is 5.26. The Morgan fingerprint density at radius 2 is 1.76 bits per heavy atom. The van der Waals surface area contributed by atoms with Crippen molar-refractivity contribution in [1.82, 2.24) is 9.97 Å². The molecule has 0 aliphatic heterocycles. The molecule has 2 N–H and O–H groups in total. The van der Waals surface area contributed by atoms with Gasteiger partial charge in [-0.15, -0.1) is 0 Å². The van der Waals surface area contributed by atoms with Gasteiger partial charge in [0.25, 0.3) is 0 Å². The van der Waals surface area contributed by atoms with E-state index in [9.17, 15) is 0 Å². The Morgan fingerprint density at radius 3 is 2.33 bits per heavy atom. The van der Waals surface area contributed by atoms with Crippen molar-refractivity contribution in [2.75, 3.05) is 31.4 Å². The molecule has 1 heterocycles. The predicted octanol–water partition coefficient (Wildman–Crippen LogP) is 2.98. The van der Waals surface area contributed by atoms with Crippen molar-refractivity contribution in [1.29, 1.82) is 0 Å². The van der Waals surface area contributed by atoms with E-state index in [1.165, 1.54) is 0 Å². The Hall–Kier alpha value is -2.50. The first-order valence-corrected chi connectivity index (χ1v) is 6.74. The number of aromatic nitrogens is 2. The van der Waals surface area contributed by atoms with Gasteiger partial charge in [0.15, 0.2) is 0 Å². The molecule has 0 radical (unpaired) electrons. The molecule has 2 rings (SSSR count). The molecule has 0 aliphatic rings. The summed E-state index contributed by atoms with van der Waals surface area (Å²) >= 11 is 0. The molecule has 0 bridgehead atoms. The van der Waals surface area contributed by atoms with Crippen LogP contribution in [0.15, 0.2) is 24.4 Å². The van der Waals surface area contributed by atoms with E-state index in [1.54, 1.807) is 20.4 Å². The van der Waals surface area contributed by atoms with E-state index in [0.29, 0.717) is 5.95 Å². The summed E-state index contributed by atoms with van der Waals surface area (Å²) in [6.07, 6.45) is 1.78. The molecular formula is C15H20N4O2. The Morgan fingerprint density at radius 1 is 1.10 bits per heavy atom. The second-order valence-electron chi connectivity index (χ2n) is 4.48. The highest BCUT2D eigenvalue weighted by Crippen LogP contribution is 2.28. The van der Waals surface area contributed by atoms with Crippen molar-refractivity contribution in [3.63, 3.8) is 0 Å². The van der Waals surface area contributed by atoms with Gasteiger partial charge in [0.05, 0.1) is 14.2 Å². The van der Waals surface area contributed by atoms with Crippen LogP contribution in [0.5, 0.6) is 11.5 Å². The fraction of sp³-hybridized carbons (Fsp3) is 0.333. The van der Waals surface area contributed by atoms with Crippen LogP contribution in [0.2, 0.25) is 0 Å². The number of ether oxygens (including phenoxy) is 2. The van der Waals surface area contributed by atoms with Gasteiger partial charge in [0, 0.05) is 42.2 Å². The summed E-state index contributed by atoms with van der Waals surface area (Å²) in [5.74, 6) is 2.78. The third-order valence-corrected chi connectivity index (χ3v) is 2.92. The number of methoxy groups -OCH3 is 2. The van der Waals surface area contributed by atoms with Crippen LogP contribution >= 0.6 is 0 Å². The monoisotopic (exact) mass is 288 g/mol. The average molecular weight is 288 g/mol. The highest BCUT2D eigenvalue weighted by molar-refractivity contribution is 5.63. The third-order valence-electron chi connectivity index (χ3n) is 2.92. The average Bonchev–Trinajstić information content (AvgIpc) is 2.50. The van der Waals surface area contributed by atoms with Crippen molar-refractivity contribution in [3.8, 4) is 11.5 Å². The molecule has 0 unspecified atom stereocenters. The fourth-order valence-electron chi connectivity index (χ4n) is 1.83. The lowest BCUT2D eigenvalue weighted by Gasteiger charge is -2.12. The van der Waals surface area contributed by atoms with E-state index in [2.05, 4.69) is 20.6 Å². The lowest BCUT2D eigenvalue weighted by Crippen LogP contribution is -2.05. The summed E-state index contributed by atoms with van der Waals surface area (Å²) < 4.78 is 10.5. The standard InChI is InChI=1S/C15H20N4O2/c1-5-16-15-17-9-10(2)14(19-15)18-11-6-12(20-3)8-13(7-11)21-4/h6-9H,5H2,1-4H3,(H2,16,17,18,19). The van der Waals surface area contributed by atoms with Gasteiger partial charge in [-0.05, 0) is 13.8 Å². The lowest BCUT2D eigenvalue weighted by molar-refractivity contribution is 0.395. The first kappa shape index (κ1) is 14.9. The molecule has 0 saturated heterocycles. The zero-order chi connectivity index (χ0) is 15.2. The molecule has 0 spiro atoms. The summed E-state index contributed by atoms with van der Waals surface area (Å²) in [7, 11) is 3.25. The van der Waals surface area contributed by atoms with Gasteiger partial charge in [-0.3, -0.25) is 0 Å². The van der Waals surface area contributed by atoms with Crippen LogP contribution in [0.3, 0.4) is 0 Å². The number of rotatable bonds is 6. The molecule has 1 aromatic carbocycles. The van der Waals surface area contributed by atoms with E-state index in [-0.39, 0.29) is 0 Å². The van der Waals surface area contributed by atoms with Gasteiger partial charge in [-0.2, -0.15) is 4.98 Å². The number of hydrogen-bond donors (Lipinski definition) is 2. The molecule has 21 heavy (non-hydrogen) atoms. The van der Waals surface area contributed by atoms with Crippen LogP contribution in [-0.4, -0.2) is 30.7 Å². The molecule has 0 fully saturated rings. The Labute approximate surface area is 124 Å². The van der Waals surface area contributed by atoms with E-state index in [4.69, 9.17) is 9.47 Å². The Kier molecular flexibility index (Phi) is 4.81. The van der Waals surface area contributed by atoms with Crippen molar-refractivity contribution < 1.29 is 9.47 Å². The molecule has 0 amide bonds. The van der Waals surface area contributed by atoms with E-state index in [1.807, 2.05) is 32.0 Å². The smallest absolute Gasteiger partial charge is 0.224 e. The number of hydrogen-bond acceptors (Lipinski definition) is 6. The molecule has 6 heteroatoms. The predicted molar refractivity (Wildman–Crippen MR) is 83.8 cm³/mol. The minimum Gasteiger partial charge on any atom is -0.497 e. The fourth-order valence-corrected chi connectivity index (χ4v) is 1.83. The second-order valence-corrected chi connectivity index (χ2v) is 4.48. The van der Waals surface area contributed by atoms with Gasteiger partial charge < -0.3 is 20.1 Å². The lowest BCUT2D eigenvalue weighted by atomic mass is 10.2. The van der Waals surface area contributed by atoms with Gasteiger partial charge >= 0.3 is 0 Å². The minimum absolute atomic E-state index is 0.598. The summed E-state index contributed by atoms with van der Waals surface area (Å²) in [4.78, 5) is 8.68. The van der Waals surface area contributed by atoms with E-state index in [0.717, 1.165) is 35.1 Å². The maximum Gasteiger partial charge on any atom is 0.224 e. The van der Waals surface area contributed by atoms with Crippen LogP contribution < -0.4 is 20.1 Å². The van der Waals surface area contributed by atoms with Gasteiger partial charge in [-0.25, -0.2) is 4.98 Å². The van der Waals surface area contributed by atoms with Gasteiger partial charge in [0.2, 0.25) is 5.95 Å². The van der Waals surface area contributed by atoms with Crippen LogP contribution in [0.1, 0.15) is 12.5 Å². The first-order chi connectivity index (χ1) is 10.2. The SMILES string of the molecule is CCNc1ncc(C)c(Nc2cc(OC)cc(OC)c2)n1. The van der Waals surface area contributed by atoms with Gasteiger partial charge in [-0.1, -0.05) is 0 Å². The molecule has 2 aromatic rings. The van der Waals surface area contributed by atoms with Crippen LogP contribution in [0.25, 0.3) is 0 Å². The molecular weight excluding hydrogens is 268 g/mol. The normalized spacial score (nSPS) is 10.1.